The number of imidazole rings is 1. The molecule has 2 atom stereocenters. The molecule has 0 aliphatic carbocycles. The molecule has 0 bridgehead atoms. The summed E-state index contributed by atoms with van der Waals surface area (Å²) in [5.74, 6) is 0.825. The molecule has 0 saturated heterocycles. The molecule has 0 radical (unpaired) electrons. The molecule has 1 aliphatic heterocycles. The van der Waals surface area contributed by atoms with Crippen LogP contribution < -0.4 is 10.6 Å². The monoisotopic (exact) mass is 312 g/mol. The number of nitrogens with zero attached hydrogens (tertiary/aromatic N) is 2. The molecule has 122 valence electrons. The second kappa shape index (κ2) is 6.54. The van der Waals surface area contributed by atoms with E-state index in [4.69, 9.17) is 5.73 Å². The summed E-state index contributed by atoms with van der Waals surface area (Å²) in [5, 5.41) is 0. The van der Waals surface area contributed by atoms with Gasteiger partial charge in [-0.05, 0) is 24.5 Å². The minimum Gasteiger partial charge on any atom is -0.344 e. The van der Waals surface area contributed by atoms with E-state index in [1.165, 1.54) is 5.56 Å². The Bertz CT molecular complexity index is 694. The lowest BCUT2D eigenvalue weighted by molar-refractivity contribution is -0.120. The Hall–Kier alpha value is -2.14. The largest absolute Gasteiger partial charge is 0.344 e. The average Bonchev–Trinajstić information content (AvgIpc) is 3.18. The van der Waals surface area contributed by atoms with Crippen molar-refractivity contribution in [3.8, 4) is 0 Å². The first-order chi connectivity index (χ1) is 11.2. The van der Waals surface area contributed by atoms with E-state index in [-0.39, 0.29) is 11.9 Å². The minimum atomic E-state index is -0.464. The van der Waals surface area contributed by atoms with Gasteiger partial charge in [-0.3, -0.25) is 9.69 Å². The highest BCUT2D eigenvalue weighted by atomic mass is 16.2. The Kier molecular flexibility index (Phi) is 4.48. The number of nitrogens with one attached hydrogen (secondary N) is 1. The van der Waals surface area contributed by atoms with Gasteiger partial charge < -0.3 is 10.7 Å². The van der Waals surface area contributed by atoms with Crippen LogP contribution in [0.15, 0.2) is 30.5 Å². The lowest BCUT2D eigenvalue weighted by Gasteiger charge is -2.27. The van der Waals surface area contributed by atoms with E-state index in [9.17, 15) is 4.79 Å². The van der Waals surface area contributed by atoms with Crippen LogP contribution in [0.3, 0.4) is 0 Å². The summed E-state index contributed by atoms with van der Waals surface area (Å²) < 4.78 is 0. The van der Waals surface area contributed by atoms with Gasteiger partial charge in [-0.2, -0.15) is 0 Å². The van der Waals surface area contributed by atoms with Gasteiger partial charge in [0.2, 0.25) is 5.91 Å². The number of nitrogens with two attached hydrogens (primary N) is 1. The van der Waals surface area contributed by atoms with Gasteiger partial charge in [0.1, 0.15) is 5.82 Å². The molecular formula is C18H24N4O. The molecule has 1 amide bonds. The van der Waals surface area contributed by atoms with E-state index in [0.717, 1.165) is 36.5 Å². The molecule has 2 aromatic rings. The Morgan fingerprint density at radius 1 is 1.43 bits per heavy atom. The second-order valence-electron chi connectivity index (χ2n) is 6.10. The average molecular weight is 312 g/mol. The highest BCUT2D eigenvalue weighted by Gasteiger charge is 2.37. The molecule has 5 nitrogen and oxygen atoms in total. The van der Waals surface area contributed by atoms with Gasteiger partial charge in [-0.1, -0.05) is 38.5 Å². The Balaban J connectivity index is 1.97. The maximum atomic E-state index is 12.9. The fourth-order valence-electron chi connectivity index (χ4n) is 3.22. The number of anilines is 1. The standard InChI is InChI=1S/C18H24N4O/c1-3-7-14(19)18(23)22-15-9-6-5-8-12(15)10-16(22)17-20-11-13(4-2)21-17/h5-6,8-9,11,14,16H,3-4,7,10,19H2,1-2H3,(H,20,21)/t14-,16-/m0/s1. The number of benzene rings is 1. The first kappa shape index (κ1) is 15.7. The lowest BCUT2D eigenvalue weighted by atomic mass is 10.1. The van der Waals surface area contributed by atoms with Crippen molar-refractivity contribution < 1.29 is 4.79 Å². The molecule has 5 heteroatoms. The van der Waals surface area contributed by atoms with Crippen LogP contribution in [0.4, 0.5) is 5.69 Å². The van der Waals surface area contributed by atoms with Gasteiger partial charge in [-0.25, -0.2) is 4.98 Å². The van der Waals surface area contributed by atoms with Crippen molar-refractivity contribution in [3.05, 3.63) is 47.5 Å². The number of amides is 1. The number of fused-ring (bicyclic) bond motifs is 1. The third-order valence-electron chi connectivity index (χ3n) is 4.48. The predicted octanol–water partition coefficient (Wildman–Crippen LogP) is 2.73. The van der Waals surface area contributed by atoms with Gasteiger partial charge >= 0.3 is 0 Å². The van der Waals surface area contributed by atoms with Gasteiger partial charge in [0.05, 0.1) is 12.1 Å². The fraction of sp³-hybridized carbons (Fsp3) is 0.444. The fourth-order valence-corrected chi connectivity index (χ4v) is 3.22. The zero-order valence-corrected chi connectivity index (χ0v) is 13.7. The Morgan fingerprint density at radius 3 is 2.91 bits per heavy atom. The van der Waals surface area contributed by atoms with Crippen molar-refractivity contribution >= 4 is 11.6 Å². The minimum absolute atomic E-state index is 0.0174. The lowest BCUT2D eigenvalue weighted by Crippen LogP contribution is -2.44. The molecule has 0 spiro atoms. The number of rotatable bonds is 5. The third-order valence-corrected chi connectivity index (χ3v) is 4.48. The molecule has 3 N–H and O–H groups in total. The summed E-state index contributed by atoms with van der Waals surface area (Å²) in [6, 6.07) is 7.49. The van der Waals surface area contributed by atoms with Gasteiger partial charge in [0.25, 0.3) is 0 Å². The summed E-state index contributed by atoms with van der Waals surface area (Å²) >= 11 is 0. The number of carbonyl (C=O) groups is 1. The van der Waals surface area contributed by atoms with E-state index in [2.05, 4.69) is 23.0 Å². The van der Waals surface area contributed by atoms with Crippen molar-refractivity contribution in [2.45, 2.75) is 51.6 Å². The number of hydrogen-bond donors (Lipinski definition) is 2. The maximum absolute atomic E-state index is 12.9. The predicted molar refractivity (Wildman–Crippen MR) is 91.2 cm³/mol. The molecule has 3 rings (SSSR count). The van der Waals surface area contributed by atoms with Crippen LogP contribution in [0.5, 0.6) is 0 Å². The maximum Gasteiger partial charge on any atom is 0.244 e. The Morgan fingerprint density at radius 2 is 2.22 bits per heavy atom. The summed E-state index contributed by atoms with van der Waals surface area (Å²) in [5.41, 5.74) is 9.33. The molecule has 1 aromatic heterocycles. The van der Waals surface area contributed by atoms with Crippen LogP contribution in [0, 0.1) is 0 Å². The van der Waals surface area contributed by atoms with Crippen LogP contribution in [0.2, 0.25) is 0 Å². The van der Waals surface area contributed by atoms with Crippen molar-refractivity contribution in [2.75, 3.05) is 4.90 Å². The van der Waals surface area contributed by atoms with Crippen molar-refractivity contribution in [3.63, 3.8) is 0 Å². The summed E-state index contributed by atoms with van der Waals surface area (Å²) in [6.45, 7) is 4.13. The van der Waals surface area contributed by atoms with Crippen molar-refractivity contribution in [2.24, 2.45) is 5.73 Å². The zero-order valence-electron chi connectivity index (χ0n) is 13.7. The molecule has 0 unspecified atom stereocenters. The summed E-state index contributed by atoms with van der Waals surface area (Å²) in [7, 11) is 0. The van der Waals surface area contributed by atoms with Crippen LogP contribution in [0.25, 0.3) is 0 Å². The first-order valence-electron chi connectivity index (χ1n) is 8.36. The van der Waals surface area contributed by atoms with E-state index >= 15 is 0 Å². The van der Waals surface area contributed by atoms with E-state index in [0.29, 0.717) is 6.42 Å². The van der Waals surface area contributed by atoms with Crippen molar-refractivity contribution in [1.29, 1.82) is 0 Å². The number of aryl methyl sites for hydroxylation is 1. The van der Waals surface area contributed by atoms with Crippen LogP contribution in [0.1, 0.15) is 49.8 Å². The quantitative estimate of drug-likeness (QED) is 0.891. The molecule has 0 fully saturated rings. The molecule has 1 aromatic carbocycles. The number of carbonyl (C=O) groups excluding carboxylic acids is 1. The highest BCUT2D eigenvalue weighted by molar-refractivity contribution is 5.99. The van der Waals surface area contributed by atoms with Gasteiger partial charge in [0.15, 0.2) is 0 Å². The number of aromatic nitrogens is 2. The molecule has 0 saturated carbocycles. The van der Waals surface area contributed by atoms with Crippen LogP contribution in [-0.4, -0.2) is 21.9 Å². The number of aromatic amines is 1. The summed E-state index contributed by atoms with van der Waals surface area (Å²) in [4.78, 5) is 22.6. The third kappa shape index (κ3) is 2.88. The SMILES string of the molecule is CCC[C@H](N)C(=O)N1c2ccccc2C[C@H]1c1ncc(CC)[nH]1. The molecule has 1 aliphatic rings. The molecule has 23 heavy (non-hydrogen) atoms. The van der Waals surface area contributed by atoms with Crippen molar-refractivity contribution in [1.82, 2.24) is 9.97 Å². The smallest absolute Gasteiger partial charge is 0.244 e. The van der Waals surface area contributed by atoms with E-state index < -0.39 is 6.04 Å². The first-order valence-corrected chi connectivity index (χ1v) is 8.36. The highest BCUT2D eigenvalue weighted by Crippen LogP contribution is 2.39. The van der Waals surface area contributed by atoms with Crippen LogP contribution >= 0.6 is 0 Å². The normalized spacial score (nSPS) is 18.0. The number of para-hydroxylation sites is 1. The van der Waals surface area contributed by atoms with Gasteiger partial charge in [0, 0.05) is 24.0 Å². The molecule has 2 heterocycles. The van der Waals surface area contributed by atoms with Gasteiger partial charge in [-0.15, -0.1) is 0 Å². The second-order valence-corrected chi connectivity index (χ2v) is 6.10. The zero-order chi connectivity index (χ0) is 16.4. The number of hydrogen-bond acceptors (Lipinski definition) is 3. The van der Waals surface area contributed by atoms with Crippen LogP contribution in [-0.2, 0) is 17.6 Å². The topological polar surface area (TPSA) is 75.0 Å². The molecular weight excluding hydrogens is 288 g/mol. The summed E-state index contributed by atoms with van der Waals surface area (Å²) in [6.07, 6.45) is 5.12. The van der Waals surface area contributed by atoms with E-state index in [1.54, 1.807) is 0 Å². The number of H-pyrrole nitrogens is 1. The van der Waals surface area contributed by atoms with E-state index in [1.807, 2.05) is 36.2 Å². The Labute approximate surface area is 136 Å².